The van der Waals surface area contributed by atoms with Gasteiger partial charge in [0, 0.05) is 38.5 Å². The van der Waals surface area contributed by atoms with E-state index >= 15 is 0 Å². The second-order valence-electron chi connectivity index (χ2n) is 8.63. The molecular formula is C21H29N3O4S2. The van der Waals surface area contributed by atoms with Crippen molar-refractivity contribution >= 4 is 21.8 Å². The zero-order chi connectivity index (χ0) is 21.1. The standard InChI is InChI=1S/C21H29N3O4S2/c22-8-16-1-3-20(4-2-16)28-14-19(25)13-23-9-17-7-18(10-23)12-24(11-17)30(26,27)21-5-6-29-15-21/h1-4,17-19,21,25H,5-7,9-15H2. The smallest absolute Gasteiger partial charge is 0.217 e. The van der Waals surface area contributed by atoms with Crippen molar-refractivity contribution in [1.82, 2.24) is 9.21 Å². The van der Waals surface area contributed by atoms with Gasteiger partial charge < -0.3 is 9.84 Å². The van der Waals surface area contributed by atoms with E-state index in [1.807, 2.05) is 0 Å². The van der Waals surface area contributed by atoms with Crippen molar-refractivity contribution in [3.63, 3.8) is 0 Å². The van der Waals surface area contributed by atoms with Crippen LogP contribution < -0.4 is 4.74 Å². The third-order valence-electron chi connectivity index (χ3n) is 6.19. The van der Waals surface area contributed by atoms with Crippen LogP contribution in [0.3, 0.4) is 0 Å². The maximum atomic E-state index is 13.0. The number of fused-ring (bicyclic) bond motifs is 2. The molecule has 0 aliphatic carbocycles. The number of hydrogen-bond donors (Lipinski definition) is 1. The Morgan fingerprint density at radius 3 is 2.50 bits per heavy atom. The van der Waals surface area contributed by atoms with Gasteiger partial charge in [-0.05, 0) is 54.7 Å². The van der Waals surface area contributed by atoms with Gasteiger partial charge in [0.15, 0.2) is 0 Å². The quantitative estimate of drug-likeness (QED) is 0.669. The van der Waals surface area contributed by atoms with Crippen LogP contribution >= 0.6 is 11.8 Å². The second-order valence-corrected chi connectivity index (χ2v) is 12.0. The van der Waals surface area contributed by atoms with E-state index in [1.54, 1.807) is 40.3 Å². The highest BCUT2D eigenvalue weighted by atomic mass is 32.2. The molecule has 3 heterocycles. The Balaban J connectivity index is 1.26. The fourth-order valence-corrected chi connectivity index (χ4v) is 8.67. The van der Waals surface area contributed by atoms with Gasteiger partial charge in [-0.3, -0.25) is 4.90 Å². The highest BCUT2D eigenvalue weighted by molar-refractivity contribution is 8.01. The van der Waals surface area contributed by atoms with Gasteiger partial charge in [0.1, 0.15) is 18.5 Å². The number of ether oxygens (including phenoxy) is 1. The van der Waals surface area contributed by atoms with Crippen LogP contribution in [-0.2, 0) is 10.0 Å². The maximum Gasteiger partial charge on any atom is 0.217 e. The molecule has 3 fully saturated rings. The van der Waals surface area contributed by atoms with Crippen LogP contribution in [-0.4, -0.2) is 84.9 Å². The number of benzene rings is 1. The summed E-state index contributed by atoms with van der Waals surface area (Å²) >= 11 is 1.74. The van der Waals surface area contributed by atoms with E-state index < -0.39 is 16.1 Å². The Morgan fingerprint density at radius 2 is 1.90 bits per heavy atom. The zero-order valence-electron chi connectivity index (χ0n) is 17.0. The van der Waals surface area contributed by atoms with Gasteiger partial charge >= 0.3 is 0 Å². The van der Waals surface area contributed by atoms with Gasteiger partial charge in [-0.2, -0.15) is 17.0 Å². The maximum absolute atomic E-state index is 13.0. The molecule has 0 amide bonds. The summed E-state index contributed by atoms with van der Waals surface area (Å²) < 4.78 is 33.3. The number of thioether (sulfide) groups is 1. The van der Waals surface area contributed by atoms with Crippen molar-refractivity contribution in [1.29, 1.82) is 5.26 Å². The van der Waals surface area contributed by atoms with E-state index in [9.17, 15) is 13.5 Å². The lowest BCUT2D eigenvalue weighted by molar-refractivity contribution is 0.0167. The molecule has 9 heteroatoms. The molecule has 3 aliphatic rings. The van der Waals surface area contributed by atoms with Crippen molar-refractivity contribution in [3.8, 4) is 11.8 Å². The fraction of sp³-hybridized carbons (Fsp3) is 0.667. The second kappa shape index (κ2) is 9.45. The number of nitriles is 1. The lowest BCUT2D eigenvalue weighted by Crippen LogP contribution is -2.56. The van der Waals surface area contributed by atoms with Crippen molar-refractivity contribution in [2.24, 2.45) is 11.8 Å². The van der Waals surface area contributed by atoms with Gasteiger partial charge in [0.25, 0.3) is 0 Å². The van der Waals surface area contributed by atoms with Gasteiger partial charge in [-0.25, -0.2) is 12.7 Å². The number of aliphatic hydroxyl groups is 1. The van der Waals surface area contributed by atoms with Crippen molar-refractivity contribution < 1.29 is 18.3 Å². The van der Waals surface area contributed by atoms with Crippen molar-refractivity contribution in [3.05, 3.63) is 29.8 Å². The molecule has 30 heavy (non-hydrogen) atoms. The average Bonchev–Trinajstić information content (AvgIpc) is 3.28. The molecule has 0 aromatic heterocycles. The predicted octanol–water partition coefficient (Wildman–Crippen LogP) is 1.39. The van der Waals surface area contributed by atoms with Crippen LogP contribution in [0.4, 0.5) is 0 Å². The monoisotopic (exact) mass is 451 g/mol. The summed E-state index contributed by atoms with van der Waals surface area (Å²) in [6.45, 7) is 3.56. The lowest BCUT2D eigenvalue weighted by atomic mass is 9.85. The molecule has 1 N–H and O–H groups in total. The third kappa shape index (κ3) is 5.11. The SMILES string of the molecule is N#Cc1ccc(OCC(O)CN2CC3CC(C2)CN(S(=O)(=O)C2CCSC2)C3)cc1. The summed E-state index contributed by atoms with van der Waals surface area (Å²) in [5.74, 6) is 2.96. The van der Waals surface area contributed by atoms with Crippen LogP contribution in [0.5, 0.6) is 5.75 Å². The lowest BCUT2D eigenvalue weighted by Gasteiger charge is -2.46. The van der Waals surface area contributed by atoms with Crippen LogP contribution in [0.1, 0.15) is 18.4 Å². The summed E-state index contributed by atoms with van der Waals surface area (Å²) in [5.41, 5.74) is 0.575. The first-order valence-corrected chi connectivity index (χ1v) is 13.2. The molecule has 0 spiro atoms. The van der Waals surface area contributed by atoms with E-state index in [1.165, 1.54) is 0 Å². The molecule has 0 saturated carbocycles. The number of nitrogens with zero attached hydrogens (tertiary/aromatic N) is 3. The number of aliphatic hydroxyl groups excluding tert-OH is 1. The molecule has 1 aromatic rings. The molecule has 3 saturated heterocycles. The molecule has 4 rings (SSSR count). The Hall–Kier alpha value is -1.31. The molecular weight excluding hydrogens is 422 g/mol. The van der Waals surface area contributed by atoms with Gasteiger partial charge in [-0.1, -0.05) is 0 Å². The largest absolute Gasteiger partial charge is 0.491 e. The number of hydrogen-bond acceptors (Lipinski definition) is 7. The highest BCUT2D eigenvalue weighted by Crippen LogP contribution is 2.33. The van der Waals surface area contributed by atoms with E-state index in [0.717, 1.165) is 37.4 Å². The molecule has 3 aliphatic heterocycles. The molecule has 164 valence electrons. The average molecular weight is 452 g/mol. The summed E-state index contributed by atoms with van der Waals surface area (Å²) in [5, 5.41) is 19.1. The first kappa shape index (κ1) is 21.9. The first-order chi connectivity index (χ1) is 14.4. The minimum absolute atomic E-state index is 0.192. The summed E-state index contributed by atoms with van der Waals surface area (Å²) in [4.78, 5) is 2.25. The molecule has 4 unspecified atom stereocenters. The van der Waals surface area contributed by atoms with Gasteiger partial charge in [0.2, 0.25) is 10.0 Å². The van der Waals surface area contributed by atoms with Crippen molar-refractivity contribution in [2.75, 3.05) is 50.8 Å². The number of piperidine rings is 2. The predicted molar refractivity (Wildman–Crippen MR) is 117 cm³/mol. The fourth-order valence-electron chi connectivity index (χ4n) is 4.82. The Kier molecular flexibility index (Phi) is 6.90. The van der Waals surface area contributed by atoms with Crippen LogP contribution in [0, 0.1) is 23.2 Å². The molecule has 4 atom stereocenters. The van der Waals surface area contributed by atoms with E-state index in [4.69, 9.17) is 10.00 Å². The van der Waals surface area contributed by atoms with Crippen LogP contribution in [0.15, 0.2) is 24.3 Å². The molecule has 0 radical (unpaired) electrons. The van der Waals surface area contributed by atoms with Gasteiger partial charge in [-0.15, -0.1) is 0 Å². The van der Waals surface area contributed by atoms with E-state index in [-0.39, 0.29) is 11.9 Å². The van der Waals surface area contributed by atoms with Gasteiger partial charge in [0.05, 0.1) is 16.9 Å². The highest BCUT2D eigenvalue weighted by Gasteiger charge is 2.42. The molecule has 7 nitrogen and oxygen atoms in total. The van der Waals surface area contributed by atoms with Crippen molar-refractivity contribution in [2.45, 2.75) is 24.2 Å². The van der Waals surface area contributed by atoms with E-state index in [2.05, 4.69) is 11.0 Å². The Bertz CT molecular complexity index is 851. The number of sulfonamides is 1. The zero-order valence-corrected chi connectivity index (χ0v) is 18.7. The topological polar surface area (TPSA) is 93.9 Å². The summed E-state index contributed by atoms with van der Waals surface area (Å²) in [6, 6.07) is 8.91. The first-order valence-electron chi connectivity index (χ1n) is 10.5. The summed E-state index contributed by atoms with van der Waals surface area (Å²) in [7, 11) is -3.18. The van der Waals surface area contributed by atoms with Crippen LogP contribution in [0.2, 0.25) is 0 Å². The number of likely N-dealkylation sites (tertiary alicyclic amines) is 1. The number of rotatable bonds is 7. The normalized spacial score (nSPS) is 28.7. The minimum atomic E-state index is -3.18. The Morgan fingerprint density at radius 1 is 1.20 bits per heavy atom. The summed E-state index contributed by atoms with van der Waals surface area (Å²) in [6.07, 6.45) is 1.23. The Labute approximate surface area is 183 Å². The minimum Gasteiger partial charge on any atom is -0.491 e. The molecule has 1 aromatic carbocycles. The van der Waals surface area contributed by atoms with Crippen LogP contribution in [0.25, 0.3) is 0 Å². The molecule has 2 bridgehead atoms. The van der Waals surface area contributed by atoms with E-state index in [0.29, 0.717) is 42.8 Å². The third-order valence-corrected chi connectivity index (χ3v) is 9.82. The number of β-amino-alcohol motifs (C(OH)–C–C–N with tert-alkyl or cyclic N) is 1.